The molecule has 0 saturated carbocycles. The lowest BCUT2D eigenvalue weighted by atomic mass is 10.2. The first-order chi connectivity index (χ1) is 11.5. The Morgan fingerprint density at radius 1 is 1.25 bits per heavy atom. The molecule has 6 heteroatoms. The van der Waals surface area contributed by atoms with Gasteiger partial charge < -0.3 is 15.0 Å². The summed E-state index contributed by atoms with van der Waals surface area (Å²) in [4.78, 5) is 13.0. The van der Waals surface area contributed by atoms with Gasteiger partial charge in [-0.05, 0) is 49.4 Å². The van der Waals surface area contributed by atoms with Gasteiger partial charge in [-0.1, -0.05) is 11.6 Å². The highest BCUT2D eigenvalue weighted by Crippen LogP contribution is 2.19. The van der Waals surface area contributed by atoms with Crippen LogP contribution in [0.1, 0.15) is 12.5 Å². The summed E-state index contributed by atoms with van der Waals surface area (Å²) in [6.07, 6.45) is 0. The van der Waals surface area contributed by atoms with Gasteiger partial charge in [0.1, 0.15) is 18.1 Å². The van der Waals surface area contributed by atoms with Gasteiger partial charge >= 0.3 is 0 Å². The number of hydrogen-bond donors (Lipinski definition) is 2. The van der Waals surface area contributed by atoms with Crippen molar-refractivity contribution in [2.24, 2.45) is 0 Å². The fourth-order valence-corrected chi connectivity index (χ4v) is 2.52. The quantitative estimate of drug-likeness (QED) is 0.805. The number of quaternary nitrogens is 1. The molecular formula is C18H21ClFN2O2+. The van der Waals surface area contributed by atoms with E-state index in [4.69, 9.17) is 16.3 Å². The molecule has 0 heterocycles. The Morgan fingerprint density at radius 3 is 2.62 bits per heavy atom. The topological polar surface area (TPSA) is 42.8 Å². The maximum Gasteiger partial charge on any atom is 0.279 e. The minimum absolute atomic E-state index is 0.0985. The molecule has 0 spiro atoms. The van der Waals surface area contributed by atoms with Crippen molar-refractivity contribution >= 4 is 23.2 Å². The molecule has 1 amide bonds. The van der Waals surface area contributed by atoms with Crippen LogP contribution in [0.15, 0.2) is 42.5 Å². The minimum Gasteiger partial charge on any atom is -0.494 e. The molecule has 2 rings (SSSR count). The summed E-state index contributed by atoms with van der Waals surface area (Å²) in [5, 5.41) is 2.93. The van der Waals surface area contributed by atoms with Crippen LogP contribution in [-0.4, -0.2) is 26.1 Å². The standard InChI is InChI=1S/C18H20ClFN2O2/c1-3-24-15-7-4-13(5-8-15)11-22(2)12-18(23)21-17-10-14(19)6-9-16(17)20/h4-10H,3,11-12H2,1-2H3,(H,21,23)/p+1. The van der Waals surface area contributed by atoms with E-state index in [2.05, 4.69) is 5.32 Å². The van der Waals surface area contributed by atoms with Gasteiger partial charge in [-0.2, -0.15) is 0 Å². The summed E-state index contributed by atoms with van der Waals surface area (Å²) in [7, 11) is 1.91. The van der Waals surface area contributed by atoms with E-state index in [1.807, 2.05) is 38.2 Å². The van der Waals surface area contributed by atoms with E-state index in [1.165, 1.54) is 18.2 Å². The second-order valence-electron chi connectivity index (χ2n) is 5.56. The molecule has 24 heavy (non-hydrogen) atoms. The van der Waals surface area contributed by atoms with Crippen LogP contribution in [0.5, 0.6) is 5.75 Å². The number of amides is 1. The average Bonchev–Trinajstić information content (AvgIpc) is 2.53. The van der Waals surface area contributed by atoms with E-state index in [-0.39, 0.29) is 18.1 Å². The molecule has 0 aliphatic rings. The predicted octanol–water partition coefficient (Wildman–Crippen LogP) is 2.53. The molecule has 0 aliphatic carbocycles. The molecule has 0 saturated heterocycles. The first-order valence-corrected chi connectivity index (χ1v) is 8.13. The zero-order valence-electron chi connectivity index (χ0n) is 13.7. The van der Waals surface area contributed by atoms with Crippen molar-refractivity contribution in [3.63, 3.8) is 0 Å². The van der Waals surface area contributed by atoms with Crippen LogP contribution < -0.4 is 15.0 Å². The third-order valence-electron chi connectivity index (χ3n) is 3.41. The number of nitrogens with one attached hydrogen (secondary N) is 2. The smallest absolute Gasteiger partial charge is 0.279 e. The number of rotatable bonds is 7. The molecule has 1 unspecified atom stereocenters. The predicted molar refractivity (Wildman–Crippen MR) is 93.1 cm³/mol. The maximum atomic E-state index is 13.6. The van der Waals surface area contributed by atoms with Crippen LogP contribution in [0.2, 0.25) is 5.02 Å². The van der Waals surface area contributed by atoms with Crippen molar-refractivity contribution in [1.82, 2.24) is 0 Å². The Kier molecular flexibility index (Phi) is 6.58. The highest BCUT2D eigenvalue weighted by Gasteiger charge is 2.13. The summed E-state index contributed by atoms with van der Waals surface area (Å²) < 4.78 is 19.0. The van der Waals surface area contributed by atoms with Crippen molar-refractivity contribution in [2.45, 2.75) is 13.5 Å². The van der Waals surface area contributed by atoms with Gasteiger partial charge in [0.2, 0.25) is 0 Å². The third-order valence-corrected chi connectivity index (χ3v) is 3.64. The Hall–Kier alpha value is -2.11. The second-order valence-corrected chi connectivity index (χ2v) is 6.00. The van der Waals surface area contributed by atoms with Crippen molar-refractivity contribution in [2.75, 3.05) is 25.5 Å². The van der Waals surface area contributed by atoms with Crippen molar-refractivity contribution in [3.05, 3.63) is 58.9 Å². The fourth-order valence-electron chi connectivity index (χ4n) is 2.34. The van der Waals surface area contributed by atoms with Crippen LogP contribution in [0, 0.1) is 5.82 Å². The van der Waals surface area contributed by atoms with Crippen LogP contribution in [0.4, 0.5) is 10.1 Å². The van der Waals surface area contributed by atoms with E-state index in [0.717, 1.165) is 16.2 Å². The number of anilines is 1. The number of hydrogen-bond acceptors (Lipinski definition) is 2. The Bertz CT molecular complexity index is 692. The van der Waals surface area contributed by atoms with Crippen molar-refractivity contribution in [3.8, 4) is 5.75 Å². The molecule has 0 fully saturated rings. The Balaban J connectivity index is 1.88. The molecule has 2 N–H and O–H groups in total. The number of likely N-dealkylation sites (N-methyl/N-ethyl adjacent to an activating group) is 1. The highest BCUT2D eigenvalue weighted by molar-refractivity contribution is 6.30. The normalized spacial score (nSPS) is 11.8. The first kappa shape index (κ1) is 18.2. The summed E-state index contributed by atoms with van der Waals surface area (Å²) >= 11 is 5.82. The molecule has 4 nitrogen and oxygen atoms in total. The van der Waals surface area contributed by atoms with Gasteiger partial charge in [0, 0.05) is 10.6 Å². The van der Waals surface area contributed by atoms with Gasteiger partial charge in [-0.25, -0.2) is 4.39 Å². The molecule has 2 aromatic rings. The lowest BCUT2D eigenvalue weighted by molar-refractivity contribution is -0.885. The largest absolute Gasteiger partial charge is 0.494 e. The van der Waals surface area contributed by atoms with Crippen LogP contribution in [0.3, 0.4) is 0 Å². The molecular weight excluding hydrogens is 331 g/mol. The SMILES string of the molecule is CCOc1ccc(C[NH+](C)CC(=O)Nc2cc(Cl)ccc2F)cc1. The van der Waals surface area contributed by atoms with E-state index in [9.17, 15) is 9.18 Å². The van der Waals surface area contributed by atoms with Crippen molar-refractivity contribution in [1.29, 1.82) is 0 Å². The number of halogens is 2. The zero-order valence-corrected chi connectivity index (χ0v) is 14.5. The van der Waals surface area contributed by atoms with E-state index >= 15 is 0 Å². The number of carbonyl (C=O) groups excluding carboxylic acids is 1. The second kappa shape index (κ2) is 8.66. The molecule has 1 atom stereocenters. The van der Waals surface area contributed by atoms with E-state index in [1.54, 1.807) is 0 Å². The number of benzene rings is 2. The molecule has 2 aromatic carbocycles. The van der Waals surface area contributed by atoms with Crippen LogP contribution in [0.25, 0.3) is 0 Å². The van der Waals surface area contributed by atoms with Gasteiger partial charge in [0.05, 0.1) is 19.3 Å². The molecule has 128 valence electrons. The number of ether oxygens (including phenoxy) is 1. The van der Waals surface area contributed by atoms with Crippen molar-refractivity contribution < 1.29 is 18.8 Å². The summed E-state index contributed by atoms with van der Waals surface area (Å²) in [5.74, 6) is 0.0598. The summed E-state index contributed by atoms with van der Waals surface area (Å²) in [5.41, 5.74) is 1.19. The monoisotopic (exact) mass is 351 g/mol. The molecule has 0 bridgehead atoms. The van der Waals surface area contributed by atoms with Crippen LogP contribution in [-0.2, 0) is 11.3 Å². The number of carbonyl (C=O) groups is 1. The molecule has 0 aromatic heterocycles. The minimum atomic E-state index is -0.503. The maximum absolute atomic E-state index is 13.6. The Morgan fingerprint density at radius 2 is 1.96 bits per heavy atom. The van der Waals surface area contributed by atoms with Crippen LogP contribution >= 0.6 is 11.6 Å². The first-order valence-electron chi connectivity index (χ1n) is 7.76. The van der Waals surface area contributed by atoms with E-state index < -0.39 is 5.82 Å². The summed E-state index contributed by atoms with van der Waals surface area (Å²) in [6, 6.07) is 11.8. The Labute approximate surface area is 146 Å². The lowest BCUT2D eigenvalue weighted by Crippen LogP contribution is -3.08. The average molecular weight is 352 g/mol. The fraction of sp³-hybridized carbons (Fsp3) is 0.278. The van der Waals surface area contributed by atoms with Gasteiger partial charge in [-0.15, -0.1) is 0 Å². The highest BCUT2D eigenvalue weighted by atomic mass is 35.5. The third kappa shape index (κ3) is 5.51. The molecule has 0 radical (unpaired) electrons. The lowest BCUT2D eigenvalue weighted by Gasteiger charge is -2.14. The zero-order chi connectivity index (χ0) is 17.5. The summed E-state index contributed by atoms with van der Waals surface area (Å²) in [6.45, 7) is 3.47. The molecule has 0 aliphatic heterocycles. The van der Waals surface area contributed by atoms with E-state index in [0.29, 0.717) is 18.2 Å². The van der Waals surface area contributed by atoms with Gasteiger partial charge in [0.15, 0.2) is 6.54 Å². The van der Waals surface area contributed by atoms with Gasteiger partial charge in [-0.3, -0.25) is 4.79 Å². The van der Waals surface area contributed by atoms with Gasteiger partial charge in [0.25, 0.3) is 5.91 Å².